The number of methoxy groups -OCH3 is 1. The number of benzene rings is 1. The molecule has 1 N–H and O–H groups in total. The first-order chi connectivity index (χ1) is 17.5. The summed E-state index contributed by atoms with van der Waals surface area (Å²) in [6, 6.07) is 7.99. The number of imidazole rings is 1. The van der Waals surface area contributed by atoms with Crippen LogP contribution in [0.2, 0.25) is 0 Å². The van der Waals surface area contributed by atoms with Crippen LogP contribution in [0.3, 0.4) is 0 Å². The van der Waals surface area contributed by atoms with Gasteiger partial charge in [-0.25, -0.2) is 4.98 Å². The second-order valence-electron chi connectivity index (χ2n) is 10.1. The Morgan fingerprint density at radius 3 is 2.58 bits per heavy atom. The number of rotatable bonds is 9. The number of fused-ring (bicyclic) bond motifs is 3. The van der Waals surface area contributed by atoms with Gasteiger partial charge in [-0.05, 0) is 62.6 Å². The maximum absolute atomic E-state index is 13.3. The van der Waals surface area contributed by atoms with Gasteiger partial charge >= 0.3 is 6.61 Å². The lowest BCUT2D eigenvalue weighted by Gasteiger charge is -2.29. The number of ether oxygens (including phenoxy) is 3. The fraction of sp³-hybridized carbons (Fsp3) is 0.481. The summed E-state index contributed by atoms with van der Waals surface area (Å²) >= 11 is 0. The number of carbonyl (C=O) groups excluding carboxylic acids is 1. The summed E-state index contributed by atoms with van der Waals surface area (Å²) in [6.45, 7) is -3.07. The van der Waals surface area contributed by atoms with Crippen LogP contribution in [0.4, 0.5) is 8.78 Å². The van der Waals surface area contributed by atoms with E-state index in [0.717, 1.165) is 31.4 Å². The summed E-state index contributed by atoms with van der Waals surface area (Å²) in [4.78, 5) is 17.4. The Kier molecular flexibility index (Phi) is 6.03. The number of hydrogen-bond donors (Lipinski definition) is 1. The molecule has 9 heteroatoms. The van der Waals surface area contributed by atoms with E-state index in [2.05, 4.69) is 10.3 Å². The van der Waals surface area contributed by atoms with Gasteiger partial charge in [0.15, 0.2) is 5.78 Å². The Hall–Kier alpha value is -3.20. The smallest absolute Gasteiger partial charge is 0.387 e. The Morgan fingerprint density at radius 2 is 1.89 bits per heavy atom. The summed E-state index contributed by atoms with van der Waals surface area (Å²) in [5, 5.41) is 3.62. The highest BCUT2D eigenvalue weighted by Crippen LogP contribution is 2.40. The van der Waals surface area contributed by atoms with Gasteiger partial charge in [-0.1, -0.05) is 0 Å². The lowest BCUT2D eigenvalue weighted by atomic mass is 10.00. The summed E-state index contributed by atoms with van der Waals surface area (Å²) in [7, 11) is 1.42. The molecule has 1 aliphatic carbocycles. The number of aromatic nitrogens is 2. The summed E-state index contributed by atoms with van der Waals surface area (Å²) in [6.07, 6.45) is 10.4. The van der Waals surface area contributed by atoms with E-state index in [-0.39, 0.29) is 28.9 Å². The van der Waals surface area contributed by atoms with Crippen LogP contribution < -0.4 is 19.5 Å². The minimum absolute atomic E-state index is 0.0638. The molecule has 3 aliphatic rings. The summed E-state index contributed by atoms with van der Waals surface area (Å²) in [5.74, 6) is 0.843. The zero-order chi connectivity index (χ0) is 24.8. The normalized spacial score (nSPS) is 23.3. The highest BCUT2D eigenvalue weighted by Gasteiger charge is 2.34. The minimum atomic E-state index is -3.07. The van der Waals surface area contributed by atoms with E-state index in [0.29, 0.717) is 41.3 Å². The highest BCUT2D eigenvalue weighted by atomic mass is 19.3. The zero-order valence-electron chi connectivity index (χ0n) is 20.1. The first kappa shape index (κ1) is 23.2. The number of nitrogens with one attached hydrogen (secondary N) is 1. The van der Waals surface area contributed by atoms with Gasteiger partial charge in [-0.15, -0.1) is 0 Å². The number of carbonyl (C=O) groups is 1. The molecule has 6 rings (SSSR count). The third kappa shape index (κ3) is 4.64. The molecule has 2 bridgehead atoms. The van der Waals surface area contributed by atoms with E-state index in [1.165, 1.54) is 26.0 Å². The van der Waals surface area contributed by atoms with E-state index in [4.69, 9.17) is 14.2 Å². The standard InChI is InChI=1S/C27H29F2N3O4/c1-34-23-9-16(10-24(36-27(28)29)26(23)22(33)8-15-2-3-15)21-14-30-25-13-19(6-7-32(21)25)35-20-11-17-4-5-18(12-20)31-17/h6-7,9-10,13-15,17-18,20,27,31H,2-5,8,11-12H2,1H3/t17-,18+,20?. The molecule has 4 heterocycles. The van der Waals surface area contributed by atoms with Gasteiger partial charge in [0.1, 0.15) is 34.6 Å². The van der Waals surface area contributed by atoms with Crippen LogP contribution in [0.1, 0.15) is 55.3 Å². The molecule has 3 fully saturated rings. The molecule has 2 aromatic heterocycles. The molecule has 2 aliphatic heterocycles. The largest absolute Gasteiger partial charge is 0.496 e. The van der Waals surface area contributed by atoms with E-state index in [1.807, 2.05) is 22.7 Å². The van der Waals surface area contributed by atoms with Crippen molar-refractivity contribution in [3.63, 3.8) is 0 Å². The predicted molar refractivity (Wildman–Crippen MR) is 129 cm³/mol. The van der Waals surface area contributed by atoms with Gasteiger partial charge in [0.2, 0.25) is 0 Å². The second kappa shape index (κ2) is 9.35. The van der Waals surface area contributed by atoms with Crippen molar-refractivity contribution in [1.29, 1.82) is 0 Å². The van der Waals surface area contributed by atoms with Crippen molar-refractivity contribution in [3.05, 3.63) is 42.2 Å². The number of nitrogens with zero attached hydrogens (tertiary/aromatic N) is 2. The molecule has 190 valence electrons. The van der Waals surface area contributed by atoms with Crippen LogP contribution in [0.5, 0.6) is 17.2 Å². The number of hydrogen-bond acceptors (Lipinski definition) is 6. The molecular formula is C27H29F2N3O4. The van der Waals surface area contributed by atoms with E-state index in [9.17, 15) is 13.6 Å². The van der Waals surface area contributed by atoms with Gasteiger partial charge in [0.25, 0.3) is 0 Å². The van der Waals surface area contributed by atoms with E-state index >= 15 is 0 Å². The van der Waals surface area contributed by atoms with Crippen LogP contribution in [0, 0.1) is 5.92 Å². The molecule has 36 heavy (non-hydrogen) atoms. The maximum Gasteiger partial charge on any atom is 0.387 e. The van der Waals surface area contributed by atoms with Crippen molar-refractivity contribution in [3.8, 4) is 28.5 Å². The average Bonchev–Trinajstić information content (AvgIpc) is 3.46. The topological polar surface area (TPSA) is 74.1 Å². The Bertz CT molecular complexity index is 1280. The number of pyridine rings is 1. The third-order valence-corrected chi connectivity index (χ3v) is 7.46. The molecule has 2 saturated heterocycles. The number of alkyl halides is 2. The molecule has 3 aromatic rings. The van der Waals surface area contributed by atoms with Crippen molar-refractivity contribution in [2.75, 3.05) is 7.11 Å². The maximum atomic E-state index is 13.3. The van der Waals surface area contributed by atoms with Crippen LogP contribution in [-0.2, 0) is 0 Å². The van der Waals surface area contributed by atoms with E-state index in [1.54, 1.807) is 12.3 Å². The molecule has 1 saturated carbocycles. The monoisotopic (exact) mass is 497 g/mol. The van der Waals surface area contributed by atoms with Gasteiger partial charge in [0, 0.05) is 36.3 Å². The molecule has 1 aromatic carbocycles. The van der Waals surface area contributed by atoms with Gasteiger partial charge < -0.3 is 19.5 Å². The van der Waals surface area contributed by atoms with Gasteiger partial charge in [0.05, 0.1) is 19.0 Å². The fourth-order valence-corrected chi connectivity index (χ4v) is 5.59. The quantitative estimate of drug-likeness (QED) is 0.407. The van der Waals surface area contributed by atoms with Crippen LogP contribution in [0.15, 0.2) is 36.7 Å². The van der Waals surface area contributed by atoms with Crippen molar-refractivity contribution < 1.29 is 27.8 Å². The number of piperidine rings is 1. The number of Topliss-reactive ketones (excluding diaryl/α,β-unsaturated/α-hetero) is 1. The van der Waals surface area contributed by atoms with Crippen molar-refractivity contribution >= 4 is 11.4 Å². The first-order valence-corrected chi connectivity index (χ1v) is 12.6. The molecule has 0 radical (unpaired) electrons. The number of halogens is 2. The summed E-state index contributed by atoms with van der Waals surface area (Å²) in [5.41, 5.74) is 1.95. The Morgan fingerprint density at radius 1 is 1.14 bits per heavy atom. The van der Waals surface area contributed by atoms with Crippen molar-refractivity contribution in [2.45, 2.75) is 69.7 Å². The predicted octanol–water partition coefficient (Wildman–Crippen LogP) is 5.26. The van der Waals surface area contributed by atoms with Gasteiger partial charge in [-0.3, -0.25) is 9.20 Å². The molecule has 0 amide bonds. The zero-order valence-corrected chi connectivity index (χ0v) is 20.1. The van der Waals surface area contributed by atoms with Crippen LogP contribution >= 0.6 is 0 Å². The van der Waals surface area contributed by atoms with Crippen LogP contribution in [-0.4, -0.2) is 47.1 Å². The lowest BCUT2D eigenvalue weighted by Crippen LogP contribution is -2.42. The minimum Gasteiger partial charge on any atom is -0.496 e. The molecule has 7 nitrogen and oxygen atoms in total. The highest BCUT2D eigenvalue weighted by molar-refractivity contribution is 6.02. The molecule has 0 spiro atoms. The Balaban J connectivity index is 1.31. The SMILES string of the molecule is COc1cc(-c2cnc3cc(OC4C[C@H]5CC[C@@H](C4)N5)ccn23)cc(OC(F)F)c1C(=O)CC1CC1. The first-order valence-electron chi connectivity index (χ1n) is 12.6. The molecule has 1 unspecified atom stereocenters. The van der Waals surface area contributed by atoms with Crippen LogP contribution in [0.25, 0.3) is 16.9 Å². The van der Waals surface area contributed by atoms with Crippen molar-refractivity contribution in [2.24, 2.45) is 5.92 Å². The van der Waals surface area contributed by atoms with Gasteiger partial charge in [-0.2, -0.15) is 8.78 Å². The second-order valence-corrected chi connectivity index (χ2v) is 10.1. The summed E-state index contributed by atoms with van der Waals surface area (Å²) < 4.78 is 45.0. The average molecular weight is 498 g/mol. The fourth-order valence-electron chi connectivity index (χ4n) is 5.59. The van der Waals surface area contributed by atoms with Crippen molar-refractivity contribution in [1.82, 2.24) is 14.7 Å². The number of ketones is 1. The van der Waals surface area contributed by atoms with E-state index < -0.39 is 6.61 Å². The Labute approximate surface area is 207 Å². The molecule has 3 atom stereocenters. The third-order valence-electron chi connectivity index (χ3n) is 7.46. The lowest BCUT2D eigenvalue weighted by molar-refractivity contribution is -0.0502. The molecular weight excluding hydrogens is 468 g/mol.